The highest BCUT2D eigenvalue weighted by molar-refractivity contribution is 5.95. The summed E-state index contributed by atoms with van der Waals surface area (Å²) in [6.07, 6.45) is 6.20. The fourth-order valence-electron chi connectivity index (χ4n) is 3.06. The third-order valence-electron chi connectivity index (χ3n) is 4.49. The number of hydrogen-bond donors (Lipinski definition) is 2. The second kappa shape index (κ2) is 5.55. The Hall–Kier alpha value is -3.03. The highest BCUT2D eigenvalue weighted by atomic mass is 16.1. The summed E-state index contributed by atoms with van der Waals surface area (Å²) >= 11 is 0. The summed E-state index contributed by atoms with van der Waals surface area (Å²) in [6, 6.07) is 3.39. The van der Waals surface area contributed by atoms with Crippen LogP contribution in [0.2, 0.25) is 0 Å². The average molecular weight is 324 g/mol. The van der Waals surface area contributed by atoms with E-state index >= 15 is 0 Å². The normalized spacial score (nSPS) is 19.9. The lowest BCUT2D eigenvalue weighted by Crippen LogP contribution is -2.44. The Morgan fingerprint density at radius 3 is 3.00 bits per heavy atom. The van der Waals surface area contributed by atoms with Crippen molar-refractivity contribution in [1.82, 2.24) is 29.9 Å². The fourth-order valence-corrected chi connectivity index (χ4v) is 3.06. The summed E-state index contributed by atoms with van der Waals surface area (Å²) in [6.45, 7) is 1.85. The van der Waals surface area contributed by atoms with Crippen molar-refractivity contribution in [2.24, 2.45) is 0 Å². The summed E-state index contributed by atoms with van der Waals surface area (Å²) in [4.78, 5) is 34.7. The number of nitrogens with zero attached hydrogens (tertiary/aromatic N) is 4. The zero-order valence-corrected chi connectivity index (χ0v) is 13.1. The second-order valence-corrected chi connectivity index (χ2v) is 6.03. The predicted molar refractivity (Wildman–Crippen MR) is 85.8 cm³/mol. The van der Waals surface area contributed by atoms with Crippen LogP contribution in [0.3, 0.4) is 0 Å². The molecule has 8 heteroatoms. The number of fused-ring (bicyclic) bond motifs is 1. The maximum atomic E-state index is 12.5. The monoisotopic (exact) mass is 324 g/mol. The largest absolute Gasteiger partial charge is 0.349 e. The zero-order valence-electron chi connectivity index (χ0n) is 13.1. The van der Waals surface area contributed by atoms with Crippen LogP contribution in [0.1, 0.15) is 40.5 Å². The molecule has 3 aromatic rings. The molecule has 1 amide bonds. The molecule has 1 saturated carbocycles. The first-order valence-electron chi connectivity index (χ1n) is 7.76. The van der Waals surface area contributed by atoms with Gasteiger partial charge in [-0.2, -0.15) is 5.10 Å². The van der Waals surface area contributed by atoms with Gasteiger partial charge in [0.2, 0.25) is 0 Å². The van der Waals surface area contributed by atoms with E-state index in [9.17, 15) is 9.59 Å². The number of carbonyl (C=O) groups is 1. The molecule has 0 aliphatic heterocycles. The molecule has 0 saturated heterocycles. The number of nitrogens with one attached hydrogen (secondary N) is 2. The van der Waals surface area contributed by atoms with Crippen LogP contribution in [0.5, 0.6) is 0 Å². The van der Waals surface area contributed by atoms with Crippen LogP contribution in [0.15, 0.2) is 35.6 Å². The van der Waals surface area contributed by atoms with Gasteiger partial charge >= 0.3 is 0 Å². The number of carbonyl (C=O) groups excluding carboxylic acids is 1. The molecule has 4 rings (SSSR count). The number of aromatic amines is 1. The lowest BCUT2D eigenvalue weighted by molar-refractivity contribution is 0.0906. The van der Waals surface area contributed by atoms with E-state index in [1.54, 1.807) is 23.0 Å². The number of aryl methyl sites for hydroxylation is 1. The van der Waals surface area contributed by atoms with E-state index in [1.807, 2.05) is 6.92 Å². The van der Waals surface area contributed by atoms with Gasteiger partial charge in [0, 0.05) is 30.3 Å². The van der Waals surface area contributed by atoms with Gasteiger partial charge in [-0.15, -0.1) is 0 Å². The molecule has 8 nitrogen and oxygen atoms in total. The Bertz CT molecular complexity index is 970. The van der Waals surface area contributed by atoms with E-state index in [0.29, 0.717) is 11.2 Å². The molecule has 1 aliphatic carbocycles. The van der Waals surface area contributed by atoms with E-state index in [0.717, 1.165) is 24.2 Å². The Kier molecular flexibility index (Phi) is 3.37. The van der Waals surface area contributed by atoms with Crippen molar-refractivity contribution < 1.29 is 4.79 Å². The Balaban J connectivity index is 1.44. The van der Waals surface area contributed by atoms with Crippen LogP contribution in [0.25, 0.3) is 5.65 Å². The highest BCUT2D eigenvalue weighted by Crippen LogP contribution is 2.35. The van der Waals surface area contributed by atoms with Crippen molar-refractivity contribution in [3.05, 3.63) is 58.2 Å². The first-order chi connectivity index (χ1) is 11.6. The lowest BCUT2D eigenvalue weighted by atomic mass is 9.78. The van der Waals surface area contributed by atoms with Crippen molar-refractivity contribution in [1.29, 1.82) is 0 Å². The summed E-state index contributed by atoms with van der Waals surface area (Å²) in [7, 11) is 0. The second-order valence-electron chi connectivity index (χ2n) is 6.03. The molecule has 0 radical (unpaired) electrons. The Labute approximate surface area is 137 Å². The molecule has 0 aromatic carbocycles. The molecular weight excluding hydrogens is 308 g/mol. The van der Waals surface area contributed by atoms with Crippen molar-refractivity contribution in [3.63, 3.8) is 0 Å². The van der Waals surface area contributed by atoms with E-state index in [4.69, 9.17) is 0 Å². The van der Waals surface area contributed by atoms with Gasteiger partial charge < -0.3 is 10.3 Å². The van der Waals surface area contributed by atoms with Crippen molar-refractivity contribution in [2.75, 3.05) is 0 Å². The number of rotatable bonds is 3. The maximum absolute atomic E-state index is 12.5. The third kappa shape index (κ3) is 2.45. The van der Waals surface area contributed by atoms with Crippen LogP contribution < -0.4 is 10.9 Å². The van der Waals surface area contributed by atoms with E-state index in [-0.39, 0.29) is 23.4 Å². The van der Waals surface area contributed by atoms with Gasteiger partial charge in [-0.1, -0.05) is 0 Å². The van der Waals surface area contributed by atoms with Crippen LogP contribution in [0.4, 0.5) is 0 Å². The molecule has 122 valence electrons. The zero-order chi connectivity index (χ0) is 16.7. The van der Waals surface area contributed by atoms with Gasteiger partial charge in [0.1, 0.15) is 0 Å². The summed E-state index contributed by atoms with van der Waals surface area (Å²) in [5, 5.41) is 7.18. The first kappa shape index (κ1) is 14.6. The fraction of sp³-hybridized carbons (Fsp3) is 0.312. The van der Waals surface area contributed by atoms with Crippen LogP contribution in [-0.4, -0.2) is 36.5 Å². The third-order valence-corrected chi connectivity index (χ3v) is 4.49. The topological polar surface area (TPSA) is 105 Å². The first-order valence-corrected chi connectivity index (χ1v) is 7.76. The van der Waals surface area contributed by atoms with Crippen LogP contribution in [-0.2, 0) is 0 Å². The van der Waals surface area contributed by atoms with Gasteiger partial charge in [0.25, 0.3) is 11.5 Å². The standard InChI is InChI=1S/C16H16N6O2/c1-9-12(7-17-14-2-3-20-22(9)14)16(24)21-11-4-10(5-11)13-6-15(23)19-8-18-13/h2-3,6-8,10-11H,4-5H2,1H3,(H,21,24)(H,18,19,23). The predicted octanol–water partition coefficient (Wildman–Crippen LogP) is 0.797. The van der Waals surface area contributed by atoms with E-state index in [2.05, 4.69) is 25.4 Å². The summed E-state index contributed by atoms with van der Waals surface area (Å²) in [5.74, 6) is 0.0603. The van der Waals surface area contributed by atoms with Gasteiger partial charge in [-0.3, -0.25) is 9.59 Å². The summed E-state index contributed by atoms with van der Waals surface area (Å²) in [5.41, 5.74) is 2.62. The molecule has 3 aromatic heterocycles. The molecule has 24 heavy (non-hydrogen) atoms. The van der Waals surface area contributed by atoms with Gasteiger partial charge in [0.05, 0.1) is 29.5 Å². The molecule has 0 bridgehead atoms. The molecule has 2 N–H and O–H groups in total. The molecule has 1 aliphatic rings. The van der Waals surface area contributed by atoms with Gasteiger partial charge in [-0.25, -0.2) is 14.5 Å². The van der Waals surface area contributed by atoms with Crippen molar-refractivity contribution in [3.8, 4) is 0 Å². The van der Waals surface area contributed by atoms with Crippen molar-refractivity contribution in [2.45, 2.75) is 31.7 Å². The van der Waals surface area contributed by atoms with Gasteiger partial charge in [0.15, 0.2) is 5.65 Å². The molecule has 3 heterocycles. The Morgan fingerprint density at radius 1 is 1.38 bits per heavy atom. The maximum Gasteiger partial charge on any atom is 0.254 e. The molecule has 1 fully saturated rings. The minimum Gasteiger partial charge on any atom is -0.349 e. The van der Waals surface area contributed by atoms with Gasteiger partial charge in [-0.05, 0) is 19.8 Å². The minimum atomic E-state index is -0.153. The lowest BCUT2D eigenvalue weighted by Gasteiger charge is -2.35. The van der Waals surface area contributed by atoms with E-state index in [1.165, 1.54) is 12.4 Å². The van der Waals surface area contributed by atoms with Crippen LogP contribution >= 0.6 is 0 Å². The number of hydrogen-bond acceptors (Lipinski definition) is 5. The number of amides is 1. The smallest absolute Gasteiger partial charge is 0.254 e. The minimum absolute atomic E-state index is 0.0799. The molecule has 0 atom stereocenters. The summed E-state index contributed by atoms with van der Waals surface area (Å²) < 4.78 is 1.65. The SMILES string of the molecule is Cc1c(C(=O)NC2CC(c3cc(=O)[nH]cn3)C2)cnc2ccnn12. The van der Waals surface area contributed by atoms with Crippen LogP contribution in [0, 0.1) is 6.92 Å². The molecule has 0 unspecified atom stereocenters. The number of aromatic nitrogens is 5. The average Bonchev–Trinajstić information content (AvgIpc) is 3.00. The molecule has 0 spiro atoms. The Morgan fingerprint density at radius 2 is 2.21 bits per heavy atom. The molecular formula is C16H16N6O2. The van der Waals surface area contributed by atoms with E-state index < -0.39 is 0 Å². The number of H-pyrrole nitrogens is 1. The van der Waals surface area contributed by atoms with Crippen molar-refractivity contribution >= 4 is 11.6 Å². The quantitative estimate of drug-likeness (QED) is 0.741. The highest BCUT2D eigenvalue weighted by Gasteiger charge is 2.33.